The highest BCUT2D eigenvalue weighted by Gasteiger charge is 2.44. The number of hydrogen-bond donors (Lipinski definition) is 1. The molecule has 3 aromatic rings. The SMILES string of the molecule is CC1(C)C=C2Nc3ccc4ccccc4c3C(c3ccc([N+](=O)[O-])cc3)C2C(=O)C1. The number of fused-ring (bicyclic) bond motifs is 4. The van der Waals surface area contributed by atoms with Crippen molar-refractivity contribution in [1.82, 2.24) is 0 Å². The van der Waals surface area contributed by atoms with Crippen LogP contribution >= 0.6 is 0 Å². The predicted molar refractivity (Wildman–Crippen MR) is 117 cm³/mol. The molecule has 0 amide bonds. The van der Waals surface area contributed by atoms with Gasteiger partial charge in [-0.2, -0.15) is 0 Å². The molecule has 1 heterocycles. The minimum atomic E-state index is -0.394. The van der Waals surface area contributed by atoms with Crippen LogP contribution in [0.15, 0.2) is 72.4 Å². The van der Waals surface area contributed by atoms with Gasteiger partial charge in [0.05, 0.1) is 10.8 Å². The van der Waals surface area contributed by atoms with E-state index < -0.39 is 4.92 Å². The van der Waals surface area contributed by atoms with E-state index in [2.05, 4.69) is 49.5 Å². The molecule has 0 spiro atoms. The monoisotopic (exact) mass is 398 g/mol. The highest BCUT2D eigenvalue weighted by molar-refractivity contribution is 5.97. The number of carbonyl (C=O) groups is 1. The van der Waals surface area contributed by atoms with Crippen LogP contribution in [0.3, 0.4) is 0 Å². The molecule has 30 heavy (non-hydrogen) atoms. The van der Waals surface area contributed by atoms with Crippen LogP contribution in [0, 0.1) is 21.4 Å². The van der Waals surface area contributed by atoms with Gasteiger partial charge in [-0.25, -0.2) is 0 Å². The van der Waals surface area contributed by atoms with E-state index in [9.17, 15) is 14.9 Å². The molecule has 3 aromatic carbocycles. The maximum absolute atomic E-state index is 13.4. The molecular formula is C25H22N2O3. The minimum absolute atomic E-state index is 0.0534. The first kappa shape index (κ1) is 18.6. The topological polar surface area (TPSA) is 72.2 Å². The molecule has 0 saturated carbocycles. The third-order valence-electron chi connectivity index (χ3n) is 6.22. The zero-order valence-corrected chi connectivity index (χ0v) is 16.9. The van der Waals surface area contributed by atoms with Gasteiger partial charge in [-0.15, -0.1) is 0 Å². The predicted octanol–water partition coefficient (Wildman–Crippen LogP) is 5.80. The number of nitrogens with zero attached hydrogens (tertiary/aromatic N) is 1. The number of nitro benzene ring substituents is 1. The Hall–Kier alpha value is -3.47. The maximum Gasteiger partial charge on any atom is 0.269 e. The molecule has 5 heteroatoms. The molecule has 0 radical (unpaired) electrons. The fourth-order valence-electron chi connectivity index (χ4n) is 5.00. The van der Waals surface area contributed by atoms with E-state index in [0.717, 1.165) is 33.3 Å². The highest BCUT2D eigenvalue weighted by Crippen LogP contribution is 2.51. The van der Waals surface area contributed by atoms with Crippen molar-refractivity contribution in [1.29, 1.82) is 0 Å². The van der Waals surface area contributed by atoms with Crippen molar-refractivity contribution in [3.63, 3.8) is 0 Å². The fourth-order valence-corrected chi connectivity index (χ4v) is 5.00. The molecule has 150 valence electrons. The Labute approximate surface area is 174 Å². The molecule has 1 N–H and O–H groups in total. The molecule has 2 aliphatic rings. The summed E-state index contributed by atoms with van der Waals surface area (Å²) in [5.74, 6) is -0.312. The molecular weight excluding hydrogens is 376 g/mol. The smallest absolute Gasteiger partial charge is 0.269 e. The van der Waals surface area contributed by atoms with E-state index in [0.29, 0.717) is 6.42 Å². The van der Waals surface area contributed by atoms with E-state index >= 15 is 0 Å². The number of nitro groups is 1. The van der Waals surface area contributed by atoms with Crippen LogP contribution in [0.1, 0.15) is 37.3 Å². The molecule has 0 saturated heterocycles. The summed E-state index contributed by atoms with van der Waals surface area (Å²) < 4.78 is 0. The molecule has 1 aliphatic carbocycles. The number of nitrogens with one attached hydrogen (secondary N) is 1. The first-order valence-electron chi connectivity index (χ1n) is 10.1. The summed E-state index contributed by atoms with van der Waals surface area (Å²) in [6, 6.07) is 19.0. The summed E-state index contributed by atoms with van der Waals surface area (Å²) in [5.41, 5.74) is 3.77. The second-order valence-electron chi connectivity index (χ2n) is 8.91. The number of carbonyl (C=O) groups excluding carboxylic acids is 1. The minimum Gasteiger partial charge on any atom is -0.358 e. The third-order valence-corrected chi connectivity index (χ3v) is 6.22. The molecule has 2 atom stereocenters. The van der Waals surface area contributed by atoms with Crippen molar-refractivity contribution in [3.05, 3.63) is 93.7 Å². The summed E-state index contributed by atoms with van der Waals surface area (Å²) in [6.07, 6.45) is 2.65. The first-order chi connectivity index (χ1) is 14.3. The average molecular weight is 398 g/mol. The van der Waals surface area contributed by atoms with Gasteiger partial charge in [0.2, 0.25) is 0 Å². The first-order valence-corrected chi connectivity index (χ1v) is 10.1. The lowest BCUT2D eigenvalue weighted by molar-refractivity contribution is -0.384. The third kappa shape index (κ3) is 2.89. The van der Waals surface area contributed by atoms with Crippen LogP contribution in [-0.2, 0) is 4.79 Å². The number of benzene rings is 3. The van der Waals surface area contributed by atoms with Crippen LogP contribution in [-0.4, -0.2) is 10.7 Å². The van der Waals surface area contributed by atoms with Crippen molar-refractivity contribution < 1.29 is 9.72 Å². The summed E-state index contributed by atoms with van der Waals surface area (Å²) >= 11 is 0. The van der Waals surface area contributed by atoms with Gasteiger partial charge in [-0.3, -0.25) is 14.9 Å². The Kier molecular flexibility index (Phi) is 4.03. The number of non-ortho nitro benzene ring substituents is 1. The Morgan fingerprint density at radius 1 is 1.00 bits per heavy atom. The molecule has 0 bridgehead atoms. The number of allylic oxidation sites excluding steroid dienone is 2. The van der Waals surface area contributed by atoms with Gasteiger partial charge in [0.25, 0.3) is 5.69 Å². The van der Waals surface area contributed by atoms with Crippen molar-refractivity contribution in [3.8, 4) is 0 Å². The normalized spacial score (nSPS) is 21.9. The number of rotatable bonds is 2. The Balaban J connectivity index is 1.78. The average Bonchev–Trinajstić information content (AvgIpc) is 2.71. The van der Waals surface area contributed by atoms with Crippen LogP contribution < -0.4 is 5.32 Å². The van der Waals surface area contributed by atoms with E-state index in [1.54, 1.807) is 12.1 Å². The standard InChI is InChI=1S/C25H22N2O3/c1-25(2)13-20-24(21(28)14-25)22(16-7-10-17(11-8-16)27(29)30)23-18-6-4-3-5-15(18)9-12-19(23)26-20/h3-13,22,24,26H,14H2,1-2H3. The second kappa shape index (κ2) is 6.52. The lowest BCUT2D eigenvalue weighted by atomic mass is 9.66. The summed E-state index contributed by atoms with van der Waals surface area (Å²) in [5, 5.41) is 16.9. The summed E-state index contributed by atoms with van der Waals surface area (Å²) in [4.78, 5) is 24.1. The van der Waals surface area contributed by atoms with Gasteiger partial charge in [0.15, 0.2) is 0 Å². The fraction of sp³-hybridized carbons (Fsp3) is 0.240. The summed E-state index contributed by atoms with van der Waals surface area (Å²) in [7, 11) is 0. The maximum atomic E-state index is 13.4. The van der Waals surface area contributed by atoms with E-state index in [4.69, 9.17) is 0 Å². The summed E-state index contributed by atoms with van der Waals surface area (Å²) in [6.45, 7) is 4.15. The highest BCUT2D eigenvalue weighted by atomic mass is 16.6. The Bertz CT molecular complexity index is 1220. The van der Waals surface area contributed by atoms with Crippen molar-refractivity contribution >= 4 is 27.9 Å². The molecule has 0 aromatic heterocycles. The zero-order valence-electron chi connectivity index (χ0n) is 16.9. The van der Waals surface area contributed by atoms with Gasteiger partial charge >= 0.3 is 0 Å². The van der Waals surface area contributed by atoms with Crippen LogP contribution in [0.4, 0.5) is 11.4 Å². The van der Waals surface area contributed by atoms with Crippen molar-refractivity contribution in [2.75, 3.05) is 5.32 Å². The molecule has 5 rings (SSSR count). The number of anilines is 1. The molecule has 1 aliphatic heterocycles. The quantitative estimate of drug-likeness (QED) is 0.437. The van der Waals surface area contributed by atoms with Gasteiger partial charge in [0, 0.05) is 35.9 Å². The van der Waals surface area contributed by atoms with Gasteiger partial charge in [0.1, 0.15) is 5.78 Å². The van der Waals surface area contributed by atoms with Gasteiger partial charge < -0.3 is 5.32 Å². The number of ketones is 1. The zero-order chi connectivity index (χ0) is 21.0. The lowest BCUT2D eigenvalue weighted by Crippen LogP contribution is -2.39. The lowest BCUT2D eigenvalue weighted by Gasteiger charge is -2.42. The van der Waals surface area contributed by atoms with E-state index in [1.165, 1.54) is 12.1 Å². The van der Waals surface area contributed by atoms with E-state index in [-0.39, 0.29) is 28.7 Å². The largest absolute Gasteiger partial charge is 0.358 e. The van der Waals surface area contributed by atoms with Crippen molar-refractivity contribution in [2.45, 2.75) is 26.2 Å². The van der Waals surface area contributed by atoms with Gasteiger partial charge in [-0.1, -0.05) is 62.4 Å². The van der Waals surface area contributed by atoms with Gasteiger partial charge in [-0.05, 0) is 33.4 Å². The Morgan fingerprint density at radius 3 is 2.47 bits per heavy atom. The van der Waals surface area contributed by atoms with E-state index in [1.807, 2.05) is 12.1 Å². The molecule has 5 nitrogen and oxygen atoms in total. The number of Topliss-reactive ketones (excluding diaryl/α,β-unsaturated/α-hetero) is 1. The molecule has 0 fully saturated rings. The van der Waals surface area contributed by atoms with Crippen LogP contribution in [0.2, 0.25) is 0 Å². The number of hydrogen-bond acceptors (Lipinski definition) is 4. The Morgan fingerprint density at radius 2 is 1.73 bits per heavy atom. The van der Waals surface area contributed by atoms with Crippen LogP contribution in [0.5, 0.6) is 0 Å². The molecule has 2 unspecified atom stereocenters. The van der Waals surface area contributed by atoms with Crippen molar-refractivity contribution in [2.24, 2.45) is 11.3 Å². The van der Waals surface area contributed by atoms with Crippen LogP contribution in [0.25, 0.3) is 10.8 Å². The second-order valence-corrected chi connectivity index (χ2v) is 8.91.